The number of nitriles is 1. The number of hydrogen-bond acceptors (Lipinski definition) is 4. The van der Waals surface area contributed by atoms with Gasteiger partial charge < -0.3 is 5.32 Å². The molecular weight excluding hydrogens is 372 g/mol. The molecule has 0 saturated heterocycles. The third-order valence-electron chi connectivity index (χ3n) is 5.34. The van der Waals surface area contributed by atoms with Crippen molar-refractivity contribution in [2.24, 2.45) is 11.8 Å². The van der Waals surface area contributed by atoms with Gasteiger partial charge in [0.15, 0.2) is 0 Å². The number of aryl methyl sites for hydroxylation is 1. The number of benzene rings is 1. The van der Waals surface area contributed by atoms with Gasteiger partial charge in [-0.2, -0.15) is 5.26 Å². The van der Waals surface area contributed by atoms with Crippen molar-refractivity contribution in [2.45, 2.75) is 58.3 Å². The molecule has 0 atom stereocenters. The molecule has 0 aromatic heterocycles. The first-order chi connectivity index (χ1) is 13.1. The van der Waals surface area contributed by atoms with Crippen molar-refractivity contribution >= 4 is 15.7 Å². The maximum absolute atomic E-state index is 13.8. The summed E-state index contributed by atoms with van der Waals surface area (Å²) < 4.78 is 27.6. The number of nitrogens with zero attached hydrogens (tertiary/aromatic N) is 1. The van der Waals surface area contributed by atoms with Crippen LogP contribution in [-0.2, 0) is 14.6 Å². The molecule has 1 aromatic carbocycles. The van der Waals surface area contributed by atoms with Crippen LogP contribution in [0.15, 0.2) is 44.8 Å². The first kappa shape index (κ1) is 20.3. The highest BCUT2D eigenvalue weighted by Gasteiger charge is 2.36. The standard InChI is InChI=1S/C22H26N2O3S/c1-13(2)19-11-21(25)24-15(4)20(10-16-5-6-16)22(19)28(26,27)18-8-14(3)7-17(9-18)12-23/h7-9,13,16H,5-6,10-11H2,1-4H3,(H,24,25). The largest absolute Gasteiger partial charge is 0.329 e. The van der Waals surface area contributed by atoms with Crippen molar-refractivity contribution in [3.05, 3.63) is 51.1 Å². The molecule has 5 nitrogen and oxygen atoms in total. The third-order valence-corrected chi connectivity index (χ3v) is 7.24. The van der Waals surface area contributed by atoms with Gasteiger partial charge in [0.2, 0.25) is 15.7 Å². The fraction of sp³-hybridized carbons (Fsp3) is 0.455. The van der Waals surface area contributed by atoms with Gasteiger partial charge in [0.05, 0.1) is 21.4 Å². The van der Waals surface area contributed by atoms with E-state index in [0.717, 1.165) is 24.0 Å². The average molecular weight is 399 g/mol. The smallest absolute Gasteiger partial charge is 0.228 e. The Kier molecular flexibility index (Phi) is 5.49. The van der Waals surface area contributed by atoms with Crippen molar-refractivity contribution < 1.29 is 13.2 Å². The molecule has 0 spiro atoms. The quantitative estimate of drug-likeness (QED) is 0.807. The van der Waals surface area contributed by atoms with Crippen LogP contribution in [0.5, 0.6) is 0 Å². The molecule has 1 aliphatic heterocycles. The molecule has 1 aromatic rings. The minimum absolute atomic E-state index is 0.0641. The van der Waals surface area contributed by atoms with Gasteiger partial charge in [-0.25, -0.2) is 8.42 Å². The summed E-state index contributed by atoms with van der Waals surface area (Å²) in [5.74, 6) is 0.197. The first-order valence-corrected chi connectivity index (χ1v) is 11.1. The van der Waals surface area contributed by atoms with E-state index in [0.29, 0.717) is 29.2 Å². The number of carbonyl (C=O) groups is 1. The van der Waals surface area contributed by atoms with Gasteiger partial charge in [0, 0.05) is 12.1 Å². The summed E-state index contributed by atoms with van der Waals surface area (Å²) in [5, 5.41) is 12.2. The molecule has 1 fully saturated rings. The van der Waals surface area contributed by atoms with Crippen LogP contribution < -0.4 is 5.32 Å². The lowest BCUT2D eigenvalue weighted by Gasteiger charge is -2.20. The fourth-order valence-electron chi connectivity index (χ4n) is 3.69. The summed E-state index contributed by atoms with van der Waals surface area (Å²) in [6.07, 6.45) is 2.87. The van der Waals surface area contributed by atoms with Gasteiger partial charge in [-0.1, -0.05) is 13.8 Å². The highest BCUT2D eigenvalue weighted by atomic mass is 32.2. The Hall–Kier alpha value is -2.39. The van der Waals surface area contributed by atoms with Crippen molar-refractivity contribution in [3.8, 4) is 6.07 Å². The van der Waals surface area contributed by atoms with E-state index >= 15 is 0 Å². The van der Waals surface area contributed by atoms with Crippen molar-refractivity contribution in [1.29, 1.82) is 5.26 Å². The van der Waals surface area contributed by atoms with Crippen LogP contribution in [0, 0.1) is 30.1 Å². The summed E-state index contributed by atoms with van der Waals surface area (Å²) in [4.78, 5) is 12.8. The lowest BCUT2D eigenvalue weighted by atomic mass is 9.95. The molecule has 28 heavy (non-hydrogen) atoms. The van der Waals surface area contributed by atoms with Crippen LogP contribution in [0.25, 0.3) is 0 Å². The van der Waals surface area contributed by atoms with Crippen LogP contribution in [0.2, 0.25) is 0 Å². The molecule has 6 heteroatoms. The summed E-state index contributed by atoms with van der Waals surface area (Å²) in [6.45, 7) is 7.41. The summed E-state index contributed by atoms with van der Waals surface area (Å²) >= 11 is 0. The zero-order valence-electron chi connectivity index (χ0n) is 16.8. The summed E-state index contributed by atoms with van der Waals surface area (Å²) in [6, 6.07) is 6.74. The molecular formula is C22H26N2O3S. The Morgan fingerprint density at radius 1 is 1.21 bits per heavy atom. The molecule has 1 saturated carbocycles. The van der Waals surface area contributed by atoms with E-state index in [1.165, 1.54) is 6.07 Å². The zero-order valence-corrected chi connectivity index (χ0v) is 17.6. The second-order valence-electron chi connectivity index (χ2n) is 8.14. The molecule has 1 heterocycles. The number of rotatable bonds is 5. The van der Waals surface area contributed by atoms with Crippen LogP contribution in [0.3, 0.4) is 0 Å². The Bertz CT molecular complexity index is 1040. The second-order valence-corrected chi connectivity index (χ2v) is 10.0. The maximum atomic E-state index is 13.8. The molecule has 0 bridgehead atoms. The van der Waals surface area contributed by atoms with Gasteiger partial charge in [-0.15, -0.1) is 0 Å². The molecule has 0 radical (unpaired) electrons. The van der Waals surface area contributed by atoms with E-state index < -0.39 is 9.84 Å². The van der Waals surface area contributed by atoms with Gasteiger partial charge >= 0.3 is 0 Å². The van der Waals surface area contributed by atoms with Crippen LogP contribution >= 0.6 is 0 Å². The maximum Gasteiger partial charge on any atom is 0.228 e. The molecule has 3 rings (SSSR count). The normalized spacial score (nSPS) is 18.2. The number of sulfone groups is 1. The molecule has 1 aliphatic carbocycles. The number of allylic oxidation sites excluding steroid dienone is 2. The Morgan fingerprint density at radius 3 is 2.46 bits per heavy atom. The van der Waals surface area contributed by atoms with Gasteiger partial charge in [0.25, 0.3) is 0 Å². The summed E-state index contributed by atoms with van der Waals surface area (Å²) in [5.41, 5.74) is 3.02. The van der Waals surface area contributed by atoms with Gasteiger partial charge in [-0.05, 0) is 79.9 Å². The monoisotopic (exact) mass is 398 g/mol. The molecule has 0 unspecified atom stereocenters. The predicted molar refractivity (Wildman–Crippen MR) is 108 cm³/mol. The molecule has 148 valence electrons. The Labute approximate surface area is 167 Å². The minimum atomic E-state index is -3.88. The van der Waals surface area contributed by atoms with E-state index in [1.807, 2.05) is 19.9 Å². The number of nitrogens with one attached hydrogen (secondary N) is 1. The van der Waals surface area contributed by atoms with Crippen LogP contribution in [0.4, 0.5) is 0 Å². The van der Waals surface area contributed by atoms with Crippen LogP contribution in [0.1, 0.15) is 57.6 Å². The highest BCUT2D eigenvalue weighted by molar-refractivity contribution is 7.95. The lowest BCUT2D eigenvalue weighted by Crippen LogP contribution is -2.21. The molecule has 1 amide bonds. The van der Waals surface area contributed by atoms with Gasteiger partial charge in [0.1, 0.15) is 0 Å². The predicted octanol–water partition coefficient (Wildman–Crippen LogP) is 4.14. The van der Waals surface area contributed by atoms with E-state index in [1.54, 1.807) is 26.0 Å². The molecule has 1 N–H and O–H groups in total. The van der Waals surface area contributed by atoms with Crippen molar-refractivity contribution in [3.63, 3.8) is 0 Å². The van der Waals surface area contributed by atoms with Crippen molar-refractivity contribution in [2.75, 3.05) is 0 Å². The second kappa shape index (κ2) is 7.56. The van der Waals surface area contributed by atoms with Crippen LogP contribution in [-0.4, -0.2) is 14.3 Å². The number of hydrogen-bond donors (Lipinski definition) is 1. The molecule has 2 aliphatic rings. The van der Waals surface area contributed by atoms with E-state index in [-0.39, 0.29) is 28.0 Å². The SMILES string of the molecule is CC1=C(CC2CC2)C(S(=O)(=O)c2cc(C)cc(C#N)c2)=C(C(C)C)CC(=O)N1. The Morgan fingerprint density at radius 2 is 1.89 bits per heavy atom. The average Bonchev–Trinajstić information content (AvgIpc) is 3.43. The zero-order chi connectivity index (χ0) is 20.6. The first-order valence-electron chi connectivity index (χ1n) is 9.63. The van der Waals surface area contributed by atoms with Crippen molar-refractivity contribution in [1.82, 2.24) is 5.32 Å². The third kappa shape index (κ3) is 4.05. The van der Waals surface area contributed by atoms with E-state index in [2.05, 4.69) is 5.32 Å². The van der Waals surface area contributed by atoms with Gasteiger partial charge in [-0.3, -0.25) is 4.79 Å². The Balaban J connectivity index is 2.29. The lowest BCUT2D eigenvalue weighted by molar-refractivity contribution is -0.119. The van der Waals surface area contributed by atoms with E-state index in [9.17, 15) is 18.5 Å². The summed E-state index contributed by atoms with van der Waals surface area (Å²) in [7, 11) is -3.88. The fourth-order valence-corrected chi connectivity index (χ4v) is 5.76. The number of carbonyl (C=O) groups excluding carboxylic acids is 1. The van der Waals surface area contributed by atoms with E-state index in [4.69, 9.17) is 0 Å². The minimum Gasteiger partial charge on any atom is -0.329 e. The highest BCUT2D eigenvalue weighted by Crippen LogP contribution is 2.43. The topological polar surface area (TPSA) is 87.0 Å². The number of amides is 1.